The summed E-state index contributed by atoms with van der Waals surface area (Å²) in [5, 5.41) is 40.7. The molecule has 14 N–H and O–H groups in total. The molecule has 3 aromatic heterocycles. The summed E-state index contributed by atoms with van der Waals surface area (Å²) >= 11 is 0. The molecule has 0 fully saturated rings. The van der Waals surface area contributed by atoms with Gasteiger partial charge in [0, 0.05) is 89.3 Å². The van der Waals surface area contributed by atoms with Gasteiger partial charge < -0.3 is 53.3 Å². The first-order chi connectivity index (χ1) is 41.0. The van der Waals surface area contributed by atoms with Crippen LogP contribution in [0.1, 0.15) is 45.0 Å². The molecule has 8 aromatic carbocycles. The number of aliphatic hydroxyl groups is 4. The van der Waals surface area contributed by atoms with Gasteiger partial charge in [0.05, 0.1) is 49.2 Å². The summed E-state index contributed by atoms with van der Waals surface area (Å²) < 4.78 is 0. The Morgan fingerprint density at radius 1 is 0.274 bits per heavy atom. The quantitative estimate of drug-likeness (QED) is 0.0519. The van der Waals surface area contributed by atoms with Gasteiger partial charge in [0.15, 0.2) is 0 Å². The minimum Gasteiger partial charge on any atom is -0.398 e. The van der Waals surface area contributed by atoms with Gasteiger partial charge in [-0.15, -0.1) is 0 Å². The lowest BCUT2D eigenvalue weighted by Gasteiger charge is -2.13. The molecule has 84 heavy (non-hydrogen) atoms. The second-order valence-electron chi connectivity index (χ2n) is 21.1. The number of nitrogens with one attached hydrogen (secondary N) is 2. The van der Waals surface area contributed by atoms with Crippen LogP contribution >= 0.6 is 0 Å². The van der Waals surface area contributed by atoms with E-state index >= 15 is 0 Å². The molecule has 13 rings (SSSR count). The predicted octanol–water partition coefficient (Wildman–Crippen LogP) is 14.3. The summed E-state index contributed by atoms with van der Waals surface area (Å²) in [5.74, 6) is 0. The molecule has 12 heteroatoms. The van der Waals surface area contributed by atoms with Gasteiger partial charge in [-0.05, 0) is 188 Å². The Hall–Kier alpha value is -10.6. The molecule has 5 heterocycles. The molecule has 410 valence electrons. The van der Waals surface area contributed by atoms with Gasteiger partial charge in [0.25, 0.3) is 0 Å². The smallest absolute Gasteiger partial charge is 0.0738 e. The van der Waals surface area contributed by atoms with Crippen molar-refractivity contribution in [3.8, 4) is 89.0 Å². The third kappa shape index (κ3) is 9.86. The van der Waals surface area contributed by atoms with Crippen LogP contribution in [0.25, 0.3) is 135 Å². The van der Waals surface area contributed by atoms with E-state index in [1.54, 1.807) is 0 Å². The Morgan fingerprint density at radius 3 is 0.726 bits per heavy atom. The average Bonchev–Trinajstić information content (AvgIpc) is 2.42. The van der Waals surface area contributed by atoms with Crippen LogP contribution in [0, 0.1) is 0 Å². The zero-order valence-electron chi connectivity index (χ0n) is 45.6. The highest BCUT2D eigenvalue weighted by molar-refractivity contribution is 6.04. The monoisotopic (exact) mass is 1100 g/mol. The van der Waals surface area contributed by atoms with Crippen LogP contribution < -0.4 is 22.9 Å². The fraction of sp³-hybridized carbons (Fsp3) is 0.0556. The zero-order chi connectivity index (χ0) is 57.6. The molecule has 8 bridgehead atoms. The molecular formula is C72H58N8O4. The molecule has 2 aliphatic rings. The van der Waals surface area contributed by atoms with Crippen LogP contribution in [0.5, 0.6) is 0 Å². The number of hydrogen-bond acceptors (Lipinski definition) is 10. The maximum atomic E-state index is 10.2. The fourth-order valence-corrected chi connectivity index (χ4v) is 11.5. The van der Waals surface area contributed by atoms with E-state index in [0.717, 1.165) is 111 Å². The second-order valence-corrected chi connectivity index (χ2v) is 21.1. The standard InChI is InChI=1S/C72H58N8O4/c73-57-17-13-49(45-9-1-5-41(29-45)37-81)33-53(57)69-61-21-23-63(77-61)70(54-34-50(14-18-58(54)74)46-10-2-6-42(30-46)38-82)65-25-27-67(79-65)72(56-36-52(16-20-60(56)76)48-12-4-8-44(32-48)40-84)68-28-26-66(80-68)71(64-24-22-62(69)78-64)55-35-51(15-19-59(55)75)47-11-3-7-43(31-47)39-83/h1-36,77,80-84H,37-40,73-76H2. The Balaban J connectivity index is 1.17. The number of nitrogen functional groups attached to an aromatic ring is 4. The summed E-state index contributed by atoms with van der Waals surface area (Å²) in [6, 6.07) is 63.2. The molecule has 0 amide bonds. The molecule has 0 atom stereocenters. The molecule has 0 spiro atoms. The lowest BCUT2D eigenvalue weighted by molar-refractivity contribution is 0.281. The van der Waals surface area contributed by atoms with Crippen LogP contribution in [0.15, 0.2) is 194 Å². The van der Waals surface area contributed by atoms with E-state index in [-0.39, 0.29) is 26.4 Å². The van der Waals surface area contributed by atoms with Gasteiger partial charge in [-0.1, -0.05) is 97.1 Å². The van der Waals surface area contributed by atoms with Crippen molar-refractivity contribution in [3.63, 3.8) is 0 Å². The van der Waals surface area contributed by atoms with E-state index < -0.39 is 0 Å². The van der Waals surface area contributed by atoms with Crippen LogP contribution in [0.4, 0.5) is 22.7 Å². The SMILES string of the molecule is Nc1ccc(-c2cccc(CO)c2)cc1-c1c2nc(c(-c3cc(-c4cccc(CO)c4)ccc3N)c3ccc([nH]3)c(-c3cc(-c4cccc(CO)c4)ccc3N)c3nc(c(-c4cc(-c5cccc(CO)c5)ccc4N)c4ccc1[nH]4)C=C3)C=C2. The minimum atomic E-state index is -0.106. The van der Waals surface area contributed by atoms with Gasteiger partial charge >= 0.3 is 0 Å². The first kappa shape index (κ1) is 52.8. The molecule has 2 aliphatic heterocycles. The fourth-order valence-electron chi connectivity index (χ4n) is 11.5. The lowest BCUT2D eigenvalue weighted by atomic mass is 9.95. The van der Waals surface area contributed by atoms with Crippen molar-refractivity contribution in [2.45, 2.75) is 26.4 Å². The van der Waals surface area contributed by atoms with Crippen molar-refractivity contribution < 1.29 is 20.4 Å². The highest BCUT2D eigenvalue weighted by Crippen LogP contribution is 2.45. The zero-order valence-corrected chi connectivity index (χ0v) is 45.6. The van der Waals surface area contributed by atoms with Crippen molar-refractivity contribution in [1.29, 1.82) is 0 Å². The number of nitrogens with two attached hydrogens (primary N) is 4. The molecule has 11 aromatic rings. The van der Waals surface area contributed by atoms with Crippen molar-refractivity contribution in [2.75, 3.05) is 22.9 Å². The van der Waals surface area contributed by atoms with Gasteiger partial charge in [-0.25, -0.2) is 9.97 Å². The third-order valence-electron chi connectivity index (χ3n) is 15.8. The Bertz CT molecular complexity index is 4110. The Morgan fingerprint density at radius 2 is 0.500 bits per heavy atom. The van der Waals surface area contributed by atoms with Crippen LogP contribution in [0.2, 0.25) is 0 Å². The first-order valence-electron chi connectivity index (χ1n) is 27.6. The van der Waals surface area contributed by atoms with Crippen LogP contribution in [0.3, 0.4) is 0 Å². The summed E-state index contributed by atoms with van der Waals surface area (Å²) in [6.45, 7) is -0.425. The van der Waals surface area contributed by atoms with E-state index in [2.05, 4.69) is 34.2 Å². The van der Waals surface area contributed by atoms with E-state index in [9.17, 15) is 20.4 Å². The first-order valence-corrected chi connectivity index (χ1v) is 27.6. The summed E-state index contributed by atoms with van der Waals surface area (Å²) in [6.07, 6.45) is 8.01. The normalized spacial score (nSPS) is 11.9. The average molecular weight is 1100 g/mol. The number of nitrogens with zero attached hydrogens (tertiary/aromatic N) is 2. The molecule has 0 radical (unpaired) electrons. The number of aromatic nitrogens is 4. The van der Waals surface area contributed by atoms with E-state index in [0.29, 0.717) is 67.6 Å². The maximum Gasteiger partial charge on any atom is 0.0738 e. The van der Waals surface area contributed by atoms with Gasteiger partial charge in [0.2, 0.25) is 0 Å². The largest absolute Gasteiger partial charge is 0.398 e. The molecule has 0 unspecified atom stereocenters. The number of aromatic amines is 2. The highest BCUT2D eigenvalue weighted by Gasteiger charge is 2.23. The molecule has 0 saturated carbocycles. The molecule has 12 nitrogen and oxygen atoms in total. The lowest BCUT2D eigenvalue weighted by Crippen LogP contribution is -1.96. The molecule has 0 aliphatic carbocycles. The number of benzene rings is 8. The van der Waals surface area contributed by atoms with Gasteiger partial charge in [0.1, 0.15) is 0 Å². The van der Waals surface area contributed by atoms with E-state index in [1.807, 2.05) is 194 Å². The second kappa shape index (κ2) is 22.0. The highest BCUT2D eigenvalue weighted by atomic mass is 16.3. The molecule has 0 saturated heterocycles. The minimum absolute atomic E-state index is 0.106. The number of H-pyrrole nitrogens is 2. The van der Waals surface area contributed by atoms with Crippen molar-refractivity contribution >= 4 is 69.1 Å². The Labute approximate surface area is 484 Å². The van der Waals surface area contributed by atoms with Crippen LogP contribution in [-0.2, 0) is 26.4 Å². The number of aliphatic hydroxyl groups excluding tert-OH is 4. The number of anilines is 4. The van der Waals surface area contributed by atoms with Crippen molar-refractivity contribution in [2.24, 2.45) is 0 Å². The van der Waals surface area contributed by atoms with E-state index in [1.165, 1.54) is 0 Å². The predicted molar refractivity (Wildman–Crippen MR) is 344 cm³/mol. The van der Waals surface area contributed by atoms with Gasteiger partial charge in [-0.3, -0.25) is 0 Å². The van der Waals surface area contributed by atoms with Crippen LogP contribution in [-0.4, -0.2) is 40.4 Å². The number of rotatable bonds is 12. The number of hydrogen-bond donors (Lipinski definition) is 10. The maximum absolute atomic E-state index is 10.2. The Kier molecular flexibility index (Phi) is 13.8. The summed E-state index contributed by atoms with van der Waals surface area (Å²) in [5.41, 5.74) is 52.0. The van der Waals surface area contributed by atoms with Gasteiger partial charge in [-0.2, -0.15) is 0 Å². The molecular weight excluding hydrogens is 1040 g/mol. The van der Waals surface area contributed by atoms with Crippen molar-refractivity contribution in [3.05, 3.63) is 239 Å². The van der Waals surface area contributed by atoms with Crippen molar-refractivity contribution in [1.82, 2.24) is 19.9 Å². The number of fused-ring (bicyclic) bond motifs is 8. The topological polar surface area (TPSA) is 242 Å². The third-order valence-corrected chi connectivity index (χ3v) is 15.8. The van der Waals surface area contributed by atoms with E-state index in [4.69, 9.17) is 32.9 Å². The summed E-state index contributed by atoms with van der Waals surface area (Å²) in [7, 11) is 0. The summed E-state index contributed by atoms with van der Waals surface area (Å²) in [4.78, 5) is 18.9.